The summed E-state index contributed by atoms with van der Waals surface area (Å²) in [6.07, 6.45) is 9.61. The number of imidazole rings is 1. The van der Waals surface area contributed by atoms with Gasteiger partial charge in [0, 0.05) is 57.0 Å². The van der Waals surface area contributed by atoms with E-state index in [0.717, 1.165) is 11.6 Å². The van der Waals surface area contributed by atoms with Gasteiger partial charge in [0.25, 0.3) is 0 Å². The van der Waals surface area contributed by atoms with Gasteiger partial charge in [-0.05, 0) is 12.1 Å². The summed E-state index contributed by atoms with van der Waals surface area (Å²) < 4.78 is 28.6. The summed E-state index contributed by atoms with van der Waals surface area (Å²) in [6, 6.07) is 5.06. The summed E-state index contributed by atoms with van der Waals surface area (Å²) in [5.41, 5.74) is 0. The number of pyridine rings is 1. The van der Waals surface area contributed by atoms with Crippen LogP contribution >= 0.6 is 0 Å². The number of nitrogens with zero attached hydrogens (tertiary/aromatic N) is 7. The predicted molar refractivity (Wildman–Crippen MR) is 94.4 cm³/mol. The first kappa shape index (κ1) is 16.6. The van der Waals surface area contributed by atoms with Gasteiger partial charge in [-0.1, -0.05) is 0 Å². The van der Waals surface area contributed by atoms with Crippen LogP contribution in [0.3, 0.4) is 0 Å². The number of anilines is 1. The highest BCUT2D eigenvalue weighted by atomic mass is 32.2. The Hall–Kier alpha value is -2.85. The number of piperazine rings is 1. The molecule has 0 radical (unpaired) electrons. The van der Waals surface area contributed by atoms with Crippen molar-refractivity contribution in [3.05, 3.63) is 55.6 Å². The monoisotopic (exact) mass is 371 g/mol. The lowest BCUT2D eigenvalue weighted by Gasteiger charge is -2.34. The lowest BCUT2D eigenvalue weighted by Crippen LogP contribution is -2.49. The van der Waals surface area contributed by atoms with Crippen LogP contribution in [-0.2, 0) is 10.0 Å². The van der Waals surface area contributed by atoms with E-state index in [1.54, 1.807) is 35.4 Å². The molecule has 0 saturated carbocycles. The maximum atomic E-state index is 12.7. The van der Waals surface area contributed by atoms with Gasteiger partial charge in [0.2, 0.25) is 10.0 Å². The average molecular weight is 371 g/mol. The van der Waals surface area contributed by atoms with Gasteiger partial charge in [-0.2, -0.15) is 4.31 Å². The van der Waals surface area contributed by atoms with Crippen LogP contribution in [0.15, 0.2) is 60.5 Å². The molecular weight excluding hydrogens is 354 g/mol. The first-order valence-electron chi connectivity index (χ1n) is 8.10. The van der Waals surface area contributed by atoms with Crippen LogP contribution in [-0.4, -0.2) is 63.4 Å². The van der Waals surface area contributed by atoms with E-state index >= 15 is 0 Å². The molecule has 0 aliphatic carbocycles. The molecule has 9 nitrogen and oxygen atoms in total. The van der Waals surface area contributed by atoms with E-state index in [1.165, 1.54) is 16.8 Å². The lowest BCUT2D eigenvalue weighted by molar-refractivity contribution is 0.383. The molecule has 0 spiro atoms. The van der Waals surface area contributed by atoms with Crippen molar-refractivity contribution >= 4 is 15.8 Å². The number of sulfonamides is 1. The topological polar surface area (TPSA) is 97.1 Å². The smallest absolute Gasteiger partial charge is 0.244 e. The summed E-state index contributed by atoms with van der Waals surface area (Å²) in [5, 5.41) is 0. The van der Waals surface area contributed by atoms with Crippen molar-refractivity contribution in [3.63, 3.8) is 0 Å². The zero-order valence-corrected chi connectivity index (χ0v) is 14.7. The van der Waals surface area contributed by atoms with Gasteiger partial charge in [-0.3, -0.25) is 9.55 Å². The summed E-state index contributed by atoms with van der Waals surface area (Å²) in [7, 11) is -3.51. The second-order valence-corrected chi connectivity index (χ2v) is 7.72. The second-order valence-electron chi connectivity index (χ2n) is 5.78. The molecular formula is C16H17N7O2S. The van der Waals surface area contributed by atoms with Crippen LogP contribution < -0.4 is 4.90 Å². The van der Waals surface area contributed by atoms with Crippen LogP contribution in [0.25, 0.3) is 5.82 Å². The first-order chi connectivity index (χ1) is 12.6. The van der Waals surface area contributed by atoms with E-state index < -0.39 is 10.0 Å². The number of hydrogen-bond acceptors (Lipinski definition) is 7. The molecule has 1 aliphatic rings. The first-order valence-corrected chi connectivity index (χ1v) is 9.54. The summed E-state index contributed by atoms with van der Waals surface area (Å²) >= 11 is 0. The molecule has 26 heavy (non-hydrogen) atoms. The Morgan fingerprint density at radius 1 is 0.962 bits per heavy atom. The Kier molecular flexibility index (Phi) is 4.35. The molecule has 3 aromatic heterocycles. The molecule has 0 unspecified atom stereocenters. The molecule has 1 fully saturated rings. The van der Waals surface area contributed by atoms with Crippen molar-refractivity contribution < 1.29 is 8.42 Å². The third kappa shape index (κ3) is 3.16. The molecule has 1 saturated heterocycles. The number of hydrogen-bond donors (Lipinski definition) is 0. The Morgan fingerprint density at radius 3 is 2.46 bits per heavy atom. The van der Waals surface area contributed by atoms with Crippen molar-refractivity contribution in [2.24, 2.45) is 0 Å². The molecule has 0 bridgehead atoms. The van der Waals surface area contributed by atoms with Gasteiger partial charge in [0.1, 0.15) is 29.2 Å². The molecule has 0 N–H and O–H groups in total. The standard InChI is InChI=1S/C16H17N7O2S/c24-26(25,14-2-1-3-17-11-14)23-8-6-21(7-9-23)15-10-16(20-12-19-15)22-5-4-18-13-22/h1-5,10-13H,6-9H2. The Bertz CT molecular complexity index is 969. The van der Waals surface area contributed by atoms with Gasteiger partial charge in [0.05, 0.1) is 0 Å². The fourth-order valence-electron chi connectivity index (χ4n) is 2.85. The minimum Gasteiger partial charge on any atom is -0.354 e. The van der Waals surface area contributed by atoms with E-state index in [2.05, 4.69) is 24.8 Å². The second kappa shape index (κ2) is 6.81. The highest BCUT2D eigenvalue weighted by Gasteiger charge is 2.29. The van der Waals surface area contributed by atoms with Crippen LogP contribution in [0.5, 0.6) is 0 Å². The molecule has 0 aromatic carbocycles. The van der Waals surface area contributed by atoms with Gasteiger partial charge >= 0.3 is 0 Å². The quantitative estimate of drug-likeness (QED) is 0.661. The Labute approximate surface area is 151 Å². The van der Waals surface area contributed by atoms with Gasteiger partial charge in [-0.15, -0.1) is 0 Å². The zero-order chi connectivity index (χ0) is 18.0. The zero-order valence-electron chi connectivity index (χ0n) is 13.9. The Balaban J connectivity index is 1.48. The minimum absolute atomic E-state index is 0.220. The lowest BCUT2D eigenvalue weighted by atomic mass is 10.3. The molecule has 0 amide bonds. The van der Waals surface area contributed by atoms with E-state index in [4.69, 9.17) is 0 Å². The van der Waals surface area contributed by atoms with Gasteiger partial charge in [0.15, 0.2) is 0 Å². The molecule has 4 heterocycles. The van der Waals surface area contributed by atoms with Crippen molar-refractivity contribution in [2.45, 2.75) is 4.90 Å². The van der Waals surface area contributed by atoms with E-state index in [1.807, 2.05) is 12.3 Å². The molecule has 0 atom stereocenters. The van der Waals surface area contributed by atoms with Crippen molar-refractivity contribution in [1.29, 1.82) is 0 Å². The van der Waals surface area contributed by atoms with E-state index in [0.29, 0.717) is 26.2 Å². The summed E-state index contributed by atoms with van der Waals surface area (Å²) in [5.74, 6) is 1.49. The molecule has 10 heteroatoms. The fraction of sp³-hybridized carbons (Fsp3) is 0.250. The fourth-order valence-corrected chi connectivity index (χ4v) is 4.24. The number of aromatic nitrogens is 5. The van der Waals surface area contributed by atoms with Crippen molar-refractivity contribution in [3.8, 4) is 5.82 Å². The van der Waals surface area contributed by atoms with Crippen LogP contribution in [0.4, 0.5) is 5.82 Å². The average Bonchev–Trinajstić information content (AvgIpc) is 3.24. The SMILES string of the molecule is O=S(=O)(c1cccnc1)N1CCN(c2cc(-n3ccnc3)ncn2)CC1. The predicted octanol–water partition coefficient (Wildman–Crippen LogP) is 0.568. The maximum Gasteiger partial charge on any atom is 0.244 e. The molecule has 3 aromatic rings. The Morgan fingerprint density at radius 2 is 1.77 bits per heavy atom. The number of rotatable bonds is 4. The molecule has 1 aliphatic heterocycles. The summed E-state index contributed by atoms with van der Waals surface area (Å²) in [4.78, 5) is 18.8. The normalized spacial score (nSPS) is 15.9. The van der Waals surface area contributed by atoms with Gasteiger partial charge < -0.3 is 4.90 Å². The largest absolute Gasteiger partial charge is 0.354 e. The summed E-state index contributed by atoms with van der Waals surface area (Å²) in [6.45, 7) is 1.89. The van der Waals surface area contributed by atoms with Crippen molar-refractivity contribution in [2.75, 3.05) is 31.1 Å². The minimum atomic E-state index is -3.51. The highest BCUT2D eigenvalue weighted by molar-refractivity contribution is 7.89. The van der Waals surface area contributed by atoms with Crippen LogP contribution in [0, 0.1) is 0 Å². The van der Waals surface area contributed by atoms with Crippen molar-refractivity contribution in [1.82, 2.24) is 28.8 Å². The van der Waals surface area contributed by atoms with Crippen LogP contribution in [0.1, 0.15) is 0 Å². The molecule has 134 valence electrons. The van der Waals surface area contributed by atoms with E-state index in [9.17, 15) is 8.42 Å². The third-order valence-corrected chi connectivity index (χ3v) is 6.12. The van der Waals surface area contributed by atoms with Crippen LogP contribution in [0.2, 0.25) is 0 Å². The third-order valence-electron chi connectivity index (χ3n) is 4.24. The highest BCUT2D eigenvalue weighted by Crippen LogP contribution is 2.20. The maximum absolute atomic E-state index is 12.7. The van der Waals surface area contributed by atoms with Gasteiger partial charge in [-0.25, -0.2) is 23.4 Å². The van der Waals surface area contributed by atoms with E-state index in [-0.39, 0.29) is 4.90 Å². The molecule has 4 rings (SSSR count).